The van der Waals surface area contributed by atoms with E-state index in [9.17, 15) is 13.2 Å². The van der Waals surface area contributed by atoms with Gasteiger partial charge in [-0.3, -0.25) is 4.79 Å². The van der Waals surface area contributed by atoms with Gasteiger partial charge in [0.25, 0.3) is 0 Å². The summed E-state index contributed by atoms with van der Waals surface area (Å²) < 4.78 is 26.2. The summed E-state index contributed by atoms with van der Waals surface area (Å²) in [5, 5.41) is 0. The van der Waals surface area contributed by atoms with Crippen molar-refractivity contribution in [1.82, 2.24) is 9.21 Å². The van der Waals surface area contributed by atoms with Crippen LogP contribution in [0.15, 0.2) is 35.2 Å². The minimum absolute atomic E-state index is 0.0525. The van der Waals surface area contributed by atoms with Gasteiger partial charge in [-0.15, -0.1) is 0 Å². The third-order valence-corrected chi connectivity index (χ3v) is 5.93. The zero-order valence-corrected chi connectivity index (χ0v) is 15.8. The van der Waals surface area contributed by atoms with Gasteiger partial charge in [0.2, 0.25) is 15.9 Å². The Balaban J connectivity index is 2.81. The number of hydrogen-bond acceptors (Lipinski definition) is 3. The Morgan fingerprint density at radius 1 is 1.08 bits per heavy atom. The van der Waals surface area contributed by atoms with Crippen molar-refractivity contribution in [1.29, 1.82) is 0 Å². The Kier molecular flexibility index (Phi) is 8.15. The molecule has 0 bridgehead atoms. The molecular weight excluding hydrogens is 324 g/mol. The molecule has 0 aliphatic rings. The molecule has 24 heavy (non-hydrogen) atoms. The molecule has 1 rings (SSSR count). The van der Waals surface area contributed by atoms with Crippen molar-refractivity contribution >= 4 is 22.0 Å². The molecule has 0 aromatic heterocycles. The minimum atomic E-state index is -3.44. The van der Waals surface area contributed by atoms with Crippen LogP contribution in [0, 0.1) is 0 Å². The van der Waals surface area contributed by atoms with E-state index in [0.29, 0.717) is 13.1 Å². The van der Waals surface area contributed by atoms with Gasteiger partial charge in [0.15, 0.2) is 0 Å². The monoisotopic (exact) mass is 352 g/mol. The SMILES string of the molecule is CCCCN(C)C(=O)/C=C/c1ccc(S(=O)(=O)N(CC)CC)cc1. The second kappa shape index (κ2) is 9.59. The maximum absolute atomic E-state index is 12.4. The molecule has 6 heteroatoms. The summed E-state index contributed by atoms with van der Waals surface area (Å²) in [5.74, 6) is -0.0525. The fraction of sp³-hybridized carbons (Fsp3) is 0.500. The number of likely N-dealkylation sites (N-methyl/N-ethyl adjacent to an activating group) is 1. The summed E-state index contributed by atoms with van der Waals surface area (Å²) in [6.45, 7) is 7.35. The van der Waals surface area contributed by atoms with E-state index in [-0.39, 0.29) is 10.8 Å². The number of unbranched alkanes of at least 4 members (excludes halogenated alkanes) is 1. The van der Waals surface area contributed by atoms with Crippen LogP contribution in [0.5, 0.6) is 0 Å². The van der Waals surface area contributed by atoms with Crippen molar-refractivity contribution in [3.05, 3.63) is 35.9 Å². The second-order valence-electron chi connectivity index (χ2n) is 5.61. The molecule has 0 aliphatic carbocycles. The van der Waals surface area contributed by atoms with Gasteiger partial charge in [-0.05, 0) is 30.2 Å². The van der Waals surface area contributed by atoms with Crippen molar-refractivity contribution in [3.8, 4) is 0 Å². The van der Waals surface area contributed by atoms with E-state index in [1.165, 1.54) is 10.4 Å². The van der Waals surface area contributed by atoms with Gasteiger partial charge in [-0.1, -0.05) is 39.3 Å². The highest BCUT2D eigenvalue weighted by Crippen LogP contribution is 2.16. The molecule has 0 spiro atoms. The van der Waals surface area contributed by atoms with Crippen LogP contribution in [0.3, 0.4) is 0 Å². The average molecular weight is 353 g/mol. The molecule has 1 aromatic rings. The minimum Gasteiger partial charge on any atom is -0.342 e. The maximum Gasteiger partial charge on any atom is 0.246 e. The molecule has 0 N–H and O–H groups in total. The molecule has 0 aliphatic heterocycles. The van der Waals surface area contributed by atoms with E-state index < -0.39 is 10.0 Å². The first-order valence-electron chi connectivity index (χ1n) is 8.40. The van der Waals surface area contributed by atoms with Crippen LogP contribution in [0.25, 0.3) is 6.08 Å². The largest absolute Gasteiger partial charge is 0.342 e. The number of benzene rings is 1. The third kappa shape index (κ3) is 5.46. The number of sulfonamides is 1. The zero-order valence-electron chi connectivity index (χ0n) is 15.0. The van der Waals surface area contributed by atoms with Gasteiger partial charge in [0, 0.05) is 32.8 Å². The first kappa shape index (κ1) is 20.4. The van der Waals surface area contributed by atoms with Gasteiger partial charge in [0.05, 0.1) is 4.90 Å². The molecule has 134 valence electrons. The number of carbonyl (C=O) groups excluding carboxylic acids is 1. The molecule has 0 atom stereocenters. The lowest BCUT2D eigenvalue weighted by atomic mass is 10.2. The smallest absolute Gasteiger partial charge is 0.246 e. The molecular formula is C18H28N2O3S. The molecule has 1 aromatic carbocycles. The first-order valence-corrected chi connectivity index (χ1v) is 9.84. The van der Waals surface area contributed by atoms with Gasteiger partial charge in [-0.2, -0.15) is 4.31 Å². The lowest BCUT2D eigenvalue weighted by molar-refractivity contribution is -0.124. The Labute approximate surface area is 146 Å². The summed E-state index contributed by atoms with van der Waals surface area (Å²) in [7, 11) is -1.66. The van der Waals surface area contributed by atoms with Crippen molar-refractivity contribution in [2.45, 2.75) is 38.5 Å². The zero-order chi connectivity index (χ0) is 18.2. The molecule has 0 radical (unpaired) electrons. The number of amides is 1. The van der Waals surface area contributed by atoms with E-state index >= 15 is 0 Å². The van der Waals surface area contributed by atoms with Gasteiger partial charge >= 0.3 is 0 Å². The van der Waals surface area contributed by atoms with Crippen molar-refractivity contribution < 1.29 is 13.2 Å². The molecule has 0 saturated carbocycles. The quantitative estimate of drug-likeness (QED) is 0.642. The van der Waals surface area contributed by atoms with E-state index in [2.05, 4.69) is 6.92 Å². The Bertz CT molecular complexity index is 647. The highest BCUT2D eigenvalue weighted by Gasteiger charge is 2.20. The Hall–Kier alpha value is -1.66. The topological polar surface area (TPSA) is 57.7 Å². The van der Waals surface area contributed by atoms with Crippen molar-refractivity contribution in [2.75, 3.05) is 26.7 Å². The first-order chi connectivity index (χ1) is 11.4. The number of rotatable bonds is 9. The van der Waals surface area contributed by atoms with Crippen LogP contribution < -0.4 is 0 Å². The lowest BCUT2D eigenvalue weighted by Crippen LogP contribution is -2.30. The fourth-order valence-electron chi connectivity index (χ4n) is 2.26. The molecule has 0 heterocycles. The molecule has 1 amide bonds. The van der Waals surface area contributed by atoms with Crippen LogP contribution >= 0.6 is 0 Å². The van der Waals surface area contributed by atoms with E-state index in [0.717, 1.165) is 24.9 Å². The van der Waals surface area contributed by atoms with Gasteiger partial charge < -0.3 is 4.90 Å². The van der Waals surface area contributed by atoms with E-state index in [1.54, 1.807) is 42.3 Å². The van der Waals surface area contributed by atoms with Crippen LogP contribution in [0.1, 0.15) is 39.2 Å². The van der Waals surface area contributed by atoms with E-state index in [1.807, 2.05) is 13.8 Å². The Morgan fingerprint density at radius 3 is 2.17 bits per heavy atom. The highest BCUT2D eigenvalue weighted by molar-refractivity contribution is 7.89. The van der Waals surface area contributed by atoms with Crippen LogP contribution in [-0.4, -0.2) is 50.2 Å². The Morgan fingerprint density at radius 2 is 1.67 bits per heavy atom. The summed E-state index contributed by atoms with van der Waals surface area (Å²) in [4.78, 5) is 13.9. The standard InChI is InChI=1S/C18H28N2O3S/c1-5-8-15-19(4)18(21)14-11-16-9-12-17(13-10-16)24(22,23)20(6-2)7-3/h9-14H,5-8,15H2,1-4H3/b14-11+. The third-order valence-electron chi connectivity index (χ3n) is 3.86. The molecule has 5 nitrogen and oxygen atoms in total. The van der Waals surface area contributed by atoms with Crippen molar-refractivity contribution in [3.63, 3.8) is 0 Å². The van der Waals surface area contributed by atoms with Crippen LogP contribution in [0.4, 0.5) is 0 Å². The summed E-state index contributed by atoms with van der Waals surface area (Å²) in [6, 6.07) is 6.59. The second-order valence-corrected chi connectivity index (χ2v) is 7.54. The summed E-state index contributed by atoms with van der Waals surface area (Å²) in [5.41, 5.74) is 0.797. The summed E-state index contributed by atoms with van der Waals surface area (Å²) >= 11 is 0. The number of nitrogens with zero attached hydrogens (tertiary/aromatic N) is 2. The predicted octanol–water partition coefficient (Wildman–Crippen LogP) is 2.99. The summed E-state index contributed by atoms with van der Waals surface area (Å²) in [6.07, 6.45) is 5.25. The van der Waals surface area contributed by atoms with Crippen LogP contribution in [0.2, 0.25) is 0 Å². The van der Waals surface area contributed by atoms with Gasteiger partial charge in [0.1, 0.15) is 0 Å². The molecule has 0 saturated heterocycles. The number of hydrogen-bond donors (Lipinski definition) is 0. The van der Waals surface area contributed by atoms with Crippen LogP contribution in [-0.2, 0) is 14.8 Å². The van der Waals surface area contributed by atoms with Gasteiger partial charge in [-0.25, -0.2) is 8.42 Å². The lowest BCUT2D eigenvalue weighted by Gasteiger charge is -2.18. The van der Waals surface area contributed by atoms with E-state index in [4.69, 9.17) is 0 Å². The molecule has 0 unspecified atom stereocenters. The maximum atomic E-state index is 12.4. The normalized spacial score (nSPS) is 12.0. The van der Waals surface area contributed by atoms with Crippen molar-refractivity contribution in [2.24, 2.45) is 0 Å². The highest BCUT2D eigenvalue weighted by atomic mass is 32.2. The predicted molar refractivity (Wildman–Crippen MR) is 98.1 cm³/mol. The molecule has 0 fully saturated rings. The average Bonchev–Trinajstić information content (AvgIpc) is 2.58. The number of carbonyl (C=O) groups is 1. The fourth-order valence-corrected chi connectivity index (χ4v) is 3.72.